The Morgan fingerprint density at radius 2 is 2.11 bits per heavy atom. The predicted molar refractivity (Wildman–Crippen MR) is 68.2 cm³/mol. The Kier molecular flexibility index (Phi) is 3.98. The molecule has 0 radical (unpaired) electrons. The molecule has 2 aromatic rings. The summed E-state index contributed by atoms with van der Waals surface area (Å²) in [6, 6.07) is 9.46. The van der Waals surface area contributed by atoms with Crippen LogP contribution in [-0.2, 0) is 13.1 Å². The van der Waals surface area contributed by atoms with Crippen LogP contribution in [0.15, 0.2) is 52.4 Å². The maximum Gasteiger partial charge on any atom is 0.170 e. The molecule has 18 heavy (non-hydrogen) atoms. The molecule has 0 spiro atoms. The van der Waals surface area contributed by atoms with E-state index in [4.69, 9.17) is 15.4 Å². The smallest absolute Gasteiger partial charge is 0.170 e. The molecule has 0 bridgehead atoms. The minimum absolute atomic E-state index is 0.117. The van der Waals surface area contributed by atoms with Gasteiger partial charge in [-0.15, -0.1) is 0 Å². The van der Waals surface area contributed by atoms with Gasteiger partial charge in [-0.3, -0.25) is 0 Å². The van der Waals surface area contributed by atoms with Crippen molar-refractivity contribution >= 4 is 5.84 Å². The van der Waals surface area contributed by atoms with E-state index in [9.17, 15) is 0 Å². The van der Waals surface area contributed by atoms with Gasteiger partial charge in [0.05, 0.1) is 12.5 Å². The first kappa shape index (κ1) is 12.2. The van der Waals surface area contributed by atoms with Crippen molar-refractivity contribution in [3.63, 3.8) is 0 Å². The molecule has 0 saturated carbocycles. The topological polar surface area (TPSA) is 83.8 Å². The van der Waals surface area contributed by atoms with Gasteiger partial charge in [-0.05, 0) is 17.7 Å². The highest BCUT2D eigenvalue weighted by atomic mass is 16.4. The third-order valence-corrected chi connectivity index (χ3v) is 2.57. The Labute approximate surface area is 105 Å². The number of furan rings is 1. The highest BCUT2D eigenvalue weighted by Gasteiger charge is 2.00. The van der Waals surface area contributed by atoms with Crippen LogP contribution in [0.1, 0.15) is 16.7 Å². The van der Waals surface area contributed by atoms with Crippen LogP contribution in [0.2, 0.25) is 0 Å². The summed E-state index contributed by atoms with van der Waals surface area (Å²) in [6.45, 7) is 1.45. The van der Waals surface area contributed by atoms with Gasteiger partial charge in [0.25, 0.3) is 0 Å². The Morgan fingerprint density at radius 1 is 1.28 bits per heavy atom. The molecule has 0 aliphatic carbocycles. The van der Waals surface area contributed by atoms with Crippen molar-refractivity contribution in [2.45, 2.75) is 13.1 Å². The highest BCUT2D eigenvalue weighted by Crippen LogP contribution is 2.06. The standard InChI is InChI=1S/C13H15N3O2/c14-13(16-17)12-3-1-2-10(6-12)7-15-8-11-4-5-18-9-11/h1-6,9,15,17H,7-8H2,(H2,14,16). The van der Waals surface area contributed by atoms with Gasteiger partial charge in [-0.25, -0.2) is 0 Å². The number of benzene rings is 1. The van der Waals surface area contributed by atoms with E-state index in [-0.39, 0.29) is 5.84 Å². The molecule has 0 amide bonds. The number of nitrogens with zero attached hydrogens (tertiary/aromatic N) is 1. The molecule has 1 aromatic carbocycles. The molecule has 0 aliphatic heterocycles. The van der Waals surface area contributed by atoms with Gasteiger partial charge in [0.1, 0.15) is 0 Å². The fourth-order valence-corrected chi connectivity index (χ4v) is 1.64. The summed E-state index contributed by atoms with van der Waals surface area (Å²) in [6.07, 6.45) is 3.36. The first-order chi connectivity index (χ1) is 8.79. The largest absolute Gasteiger partial charge is 0.472 e. The zero-order valence-electron chi connectivity index (χ0n) is 9.84. The van der Waals surface area contributed by atoms with Gasteiger partial charge >= 0.3 is 0 Å². The van der Waals surface area contributed by atoms with E-state index in [1.165, 1.54) is 0 Å². The Balaban J connectivity index is 1.93. The van der Waals surface area contributed by atoms with Crippen molar-refractivity contribution in [1.82, 2.24) is 5.32 Å². The molecule has 0 saturated heterocycles. The molecule has 94 valence electrons. The molecule has 0 unspecified atom stereocenters. The van der Waals surface area contributed by atoms with Crippen molar-refractivity contribution in [2.75, 3.05) is 0 Å². The second-order valence-corrected chi connectivity index (χ2v) is 3.92. The maximum absolute atomic E-state index is 8.62. The van der Waals surface area contributed by atoms with E-state index in [0.29, 0.717) is 12.1 Å². The molecule has 4 N–H and O–H groups in total. The van der Waals surface area contributed by atoms with Crippen LogP contribution in [0.5, 0.6) is 0 Å². The van der Waals surface area contributed by atoms with Crippen LogP contribution in [0.4, 0.5) is 0 Å². The molecule has 5 nitrogen and oxygen atoms in total. The van der Waals surface area contributed by atoms with Gasteiger partial charge < -0.3 is 20.7 Å². The first-order valence-electron chi connectivity index (χ1n) is 5.58. The Morgan fingerprint density at radius 3 is 2.83 bits per heavy atom. The summed E-state index contributed by atoms with van der Waals surface area (Å²) in [5, 5.41) is 14.9. The SMILES string of the molecule is N/C(=N/O)c1cccc(CNCc2ccoc2)c1. The molecule has 1 aromatic heterocycles. The molecular formula is C13H15N3O2. The zero-order valence-corrected chi connectivity index (χ0v) is 9.84. The number of nitrogens with one attached hydrogen (secondary N) is 1. The summed E-state index contributed by atoms with van der Waals surface area (Å²) < 4.78 is 4.98. The predicted octanol–water partition coefficient (Wildman–Crippen LogP) is 1.66. The van der Waals surface area contributed by atoms with Crippen LogP contribution in [0.3, 0.4) is 0 Å². The minimum atomic E-state index is 0.117. The first-order valence-corrected chi connectivity index (χ1v) is 5.58. The number of amidine groups is 1. The highest BCUT2D eigenvalue weighted by molar-refractivity contribution is 5.97. The molecule has 0 fully saturated rings. The average molecular weight is 245 g/mol. The van der Waals surface area contributed by atoms with E-state index in [2.05, 4.69) is 10.5 Å². The van der Waals surface area contributed by atoms with Crippen LogP contribution in [0.25, 0.3) is 0 Å². The van der Waals surface area contributed by atoms with E-state index < -0.39 is 0 Å². The lowest BCUT2D eigenvalue weighted by Crippen LogP contribution is -2.15. The molecule has 1 heterocycles. The average Bonchev–Trinajstić information content (AvgIpc) is 2.91. The van der Waals surface area contributed by atoms with Crippen molar-refractivity contribution < 1.29 is 9.62 Å². The third-order valence-electron chi connectivity index (χ3n) is 2.57. The van der Waals surface area contributed by atoms with Crippen molar-refractivity contribution in [3.8, 4) is 0 Å². The van der Waals surface area contributed by atoms with Crippen molar-refractivity contribution in [1.29, 1.82) is 0 Å². The summed E-state index contributed by atoms with van der Waals surface area (Å²) in [4.78, 5) is 0. The Bertz CT molecular complexity index is 521. The quantitative estimate of drug-likeness (QED) is 0.324. The number of hydrogen-bond acceptors (Lipinski definition) is 4. The second-order valence-electron chi connectivity index (χ2n) is 3.92. The molecule has 0 atom stereocenters. The number of oxime groups is 1. The van der Waals surface area contributed by atoms with Crippen LogP contribution in [-0.4, -0.2) is 11.0 Å². The summed E-state index contributed by atoms with van der Waals surface area (Å²) in [5.74, 6) is 0.117. The van der Waals surface area contributed by atoms with Gasteiger partial charge in [-0.1, -0.05) is 23.4 Å². The normalized spacial score (nSPS) is 11.7. The molecule has 0 aliphatic rings. The molecule has 5 heteroatoms. The molecule has 2 rings (SSSR count). The van der Waals surface area contributed by atoms with E-state index >= 15 is 0 Å². The summed E-state index contributed by atoms with van der Waals surface area (Å²) in [5.41, 5.74) is 8.42. The van der Waals surface area contributed by atoms with Crippen molar-refractivity contribution in [3.05, 3.63) is 59.5 Å². The number of nitrogens with two attached hydrogens (primary N) is 1. The lowest BCUT2D eigenvalue weighted by molar-refractivity contribution is 0.318. The van der Waals surface area contributed by atoms with Gasteiger partial charge in [0.15, 0.2) is 5.84 Å². The van der Waals surface area contributed by atoms with Crippen LogP contribution < -0.4 is 11.1 Å². The molecular weight excluding hydrogens is 230 g/mol. The third kappa shape index (κ3) is 3.11. The van der Waals surface area contributed by atoms with E-state index in [1.807, 2.05) is 24.3 Å². The van der Waals surface area contributed by atoms with Crippen LogP contribution >= 0.6 is 0 Å². The van der Waals surface area contributed by atoms with E-state index in [1.54, 1.807) is 18.6 Å². The second kappa shape index (κ2) is 5.88. The number of hydrogen-bond donors (Lipinski definition) is 3. The minimum Gasteiger partial charge on any atom is -0.472 e. The number of rotatable bonds is 5. The fraction of sp³-hybridized carbons (Fsp3) is 0.154. The fourth-order valence-electron chi connectivity index (χ4n) is 1.64. The monoisotopic (exact) mass is 245 g/mol. The van der Waals surface area contributed by atoms with Gasteiger partial charge in [-0.2, -0.15) is 0 Å². The van der Waals surface area contributed by atoms with E-state index in [0.717, 1.165) is 17.7 Å². The summed E-state index contributed by atoms with van der Waals surface area (Å²) >= 11 is 0. The van der Waals surface area contributed by atoms with Crippen molar-refractivity contribution in [2.24, 2.45) is 10.9 Å². The lowest BCUT2D eigenvalue weighted by atomic mass is 10.1. The summed E-state index contributed by atoms with van der Waals surface area (Å²) in [7, 11) is 0. The van der Waals surface area contributed by atoms with Gasteiger partial charge in [0, 0.05) is 24.2 Å². The Hall–Kier alpha value is -2.27. The van der Waals surface area contributed by atoms with Crippen LogP contribution in [0, 0.1) is 0 Å². The lowest BCUT2D eigenvalue weighted by Gasteiger charge is -2.05. The maximum atomic E-state index is 8.62. The van der Waals surface area contributed by atoms with Gasteiger partial charge in [0.2, 0.25) is 0 Å². The zero-order chi connectivity index (χ0) is 12.8.